The van der Waals surface area contributed by atoms with Crippen LogP contribution in [-0.4, -0.2) is 0 Å². The van der Waals surface area contributed by atoms with Gasteiger partial charge in [0.25, 0.3) is 0 Å². The molecule has 1 atom stereocenters. The minimum absolute atomic E-state index is 0.253. The van der Waals surface area contributed by atoms with Crippen LogP contribution in [0.1, 0.15) is 16.5 Å². The Labute approximate surface area is 124 Å². The Morgan fingerprint density at radius 3 is 2.67 bits per heavy atom. The van der Waals surface area contributed by atoms with Gasteiger partial charge in [-0.15, -0.1) is 11.6 Å². The highest BCUT2D eigenvalue weighted by molar-refractivity contribution is 9.10. The van der Waals surface area contributed by atoms with Crippen LogP contribution in [0.15, 0.2) is 46.9 Å². The van der Waals surface area contributed by atoms with E-state index in [0.717, 1.165) is 15.6 Å². The maximum atomic E-state index is 13.1. The van der Waals surface area contributed by atoms with Crippen molar-refractivity contribution in [1.29, 1.82) is 0 Å². The number of hydrogen-bond acceptors (Lipinski definition) is 0. The highest BCUT2D eigenvalue weighted by Gasteiger charge is 2.13. The number of halogens is 4. The molecule has 0 nitrogen and oxygen atoms in total. The smallest absolute Gasteiger partial charge is 0.123 e. The molecule has 0 aliphatic heterocycles. The average molecular weight is 348 g/mol. The van der Waals surface area contributed by atoms with Crippen molar-refractivity contribution in [2.75, 3.05) is 0 Å². The molecule has 0 radical (unpaired) electrons. The molecule has 94 valence electrons. The van der Waals surface area contributed by atoms with Gasteiger partial charge in [-0.1, -0.05) is 39.7 Å². The van der Waals surface area contributed by atoms with Crippen LogP contribution < -0.4 is 0 Å². The van der Waals surface area contributed by atoms with E-state index in [1.165, 1.54) is 12.1 Å². The maximum Gasteiger partial charge on any atom is 0.123 e. The SMILES string of the molecule is Fc1cccc(CC(Cl)c2cc(Br)ccc2Cl)c1. The molecule has 0 N–H and O–H groups in total. The Bertz CT molecular complexity index is 557. The van der Waals surface area contributed by atoms with Crippen molar-refractivity contribution in [3.63, 3.8) is 0 Å². The van der Waals surface area contributed by atoms with Crippen molar-refractivity contribution in [2.45, 2.75) is 11.8 Å². The second-order valence-electron chi connectivity index (χ2n) is 3.97. The quantitative estimate of drug-likeness (QED) is 0.619. The van der Waals surface area contributed by atoms with Gasteiger partial charge in [0.15, 0.2) is 0 Å². The lowest BCUT2D eigenvalue weighted by atomic mass is 10.0. The topological polar surface area (TPSA) is 0 Å². The largest absolute Gasteiger partial charge is 0.207 e. The minimum atomic E-state index is -0.281. The van der Waals surface area contributed by atoms with E-state index < -0.39 is 0 Å². The molecule has 0 saturated heterocycles. The molecule has 18 heavy (non-hydrogen) atoms. The molecule has 2 aromatic carbocycles. The molecule has 0 saturated carbocycles. The van der Waals surface area contributed by atoms with Gasteiger partial charge >= 0.3 is 0 Å². The van der Waals surface area contributed by atoms with E-state index in [9.17, 15) is 4.39 Å². The van der Waals surface area contributed by atoms with Crippen LogP contribution in [0.2, 0.25) is 5.02 Å². The zero-order chi connectivity index (χ0) is 13.1. The summed E-state index contributed by atoms with van der Waals surface area (Å²) in [5, 5.41) is 0.339. The van der Waals surface area contributed by atoms with Crippen molar-refractivity contribution in [1.82, 2.24) is 0 Å². The van der Waals surface area contributed by atoms with Crippen LogP contribution in [0, 0.1) is 5.82 Å². The van der Waals surface area contributed by atoms with Gasteiger partial charge in [0, 0.05) is 9.50 Å². The lowest BCUT2D eigenvalue weighted by molar-refractivity contribution is 0.625. The monoisotopic (exact) mass is 346 g/mol. The molecule has 0 bridgehead atoms. The van der Waals surface area contributed by atoms with Crippen LogP contribution in [-0.2, 0) is 6.42 Å². The fraction of sp³-hybridized carbons (Fsp3) is 0.143. The van der Waals surface area contributed by atoms with E-state index in [0.29, 0.717) is 11.4 Å². The van der Waals surface area contributed by atoms with Gasteiger partial charge in [-0.25, -0.2) is 4.39 Å². The number of hydrogen-bond donors (Lipinski definition) is 0. The second kappa shape index (κ2) is 6.05. The van der Waals surface area contributed by atoms with Gasteiger partial charge < -0.3 is 0 Å². The third-order valence-electron chi connectivity index (χ3n) is 2.60. The second-order valence-corrected chi connectivity index (χ2v) is 5.82. The lowest BCUT2D eigenvalue weighted by Crippen LogP contribution is -1.97. The fourth-order valence-corrected chi connectivity index (χ4v) is 2.78. The van der Waals surface area contributed by atoms with Crippen molar-refractivity contribution in [3.05, 3.63) is 68.9 Å². The third-order valence-corrected chi connectivity index (χ3v) is 3.83. The summed E-state index contributed by atoms with van der Waals surface area (Å²) in [5.41, 5.74) is 1.70. The first kappa shape index (κ1) is 13.9. The van der Waals surface area contributed by atoms with Crippen molar-refractivity contribution >= 4 is 39.1 Å². The maximum absolute atomic E-state index is 13.1. The molecule has 2 aromatic rings. The fourth-order valence-electron chi connectivity index (χ4n) is 1.74. The first-order valence-corrected chi connectivity index (χ1v) is 7.00. The van der Waals surface area contributed by atoms with E-state index in [1.54, 1.807) is 12.1 Å². The molecule has 4 heteroatoms. The van der Waals surface area contributed by atoms with Crippen molar-refractivity contribution in [3.8, 4) is 0 Å². The predicted octanol–water partition coefficient (Wildman–Crippen LogP) is 5.76. The van der Waals surface area contributed by atoms with Gasteiger partial charge in [0.2, 0.25) is 0 Å². The molecule has 1 unspecified atom stereocenters. The molecular weight excluding hydrogens is 338 g/mol. The van der Waals surface area contributed by atoms with Gasteiger partial charge in [-0.05, 0) is 47.9 Å². The molecule has 0 fully saturated rings. The Kier molecular flexibility index (Phi) is 4.66. The van der Waals surface area contributed by atoms with E-state index in [-0.39, 0.29) is 11.2 Å². The summed E-state index contributed by atoms with van der Waals surface area (Å²) < 4.78 is 14.0. The van der Waals surface area contributed by atoms with Gasteiger partial charge in [0.05, 0.1) is 5.38 Å². The standard InChI is InChI=1S/C14H10BrCl2F/c15-10-4-5-13(16)12(8-10)14(17)7-9-2-1-3-11(18)6-9/h1-6,8,14H,7H2. The molecule has 0 aliphatic rings. The normalized spacial score (nSPS) is 12.4. The molecule has 0 aromatic heterocycles. The first-order valence-electron chi connectivity index (χ1n) is 5.40. The van der Waals surface area contributed by atoms with E-state index in [2.05, 4.69) is 15.9 Å². The summed E-state index contributed by atoms with van der Waals surface area (Å²) in [6.07, 6.45) is 0.537. The van der Waals surface area contributed by atoms with Gasteiger partial charge in [-0.3, -0.25) is 0 Å². The van der Waals surface area contributed by atoms with Crippen molar-refractivity contribution < 1.29 is 4.39 Å². The van der Waals surface area contributed by atoms with Crippen LogP contribution in [0.4, 0.5) is 4.39 Å². The van der Waals surface area contributed by atoms with Crippen LogP contribution in [0.5, 0.6) is 0 Å². The molecule has 0 spiro atoms. The number of benzene rings is 2. The molecule has 2 rings (SSSR count). The molecular formula is C14H10BrCl2F. The Balaban J connectivity index is 2.21. The van der Waals surface area contributed by atoms with Crippen LogP contribution in [0.25, 0.3) is 0 Å². The van der Waals surface area contributed by atoms with Crippen molar-refractivity contribution in [2.24, 2.45) is 0 Å². The summed E-state index contributed by atoms with van der Waals surface area (Å²) in [4.78, 5) is 0. The Morgan fingerprint density at radius 2 is 1.94 bits per heavy atom. The zero-order valence-corrected chi connectivity index (χ0v) is 12.4. The van der Waals surface area contributed by atoms with Crippen LogP contribution in [0.3, 0.4) is 0 Å². The molecule has 0 amide bonds. The van der Waals surface area contributed by atoms with Crippen LogP contribution >= 0.6 is 39.1 Å². The highest BCUT2D eigenvalue weighted by Crippen LogP contribution is 2.32. The minimum Gasteiger partial charge on any atom is -0.207 e. The lowest BCUT2D eigenvalue weighted by Gasteiger charge is -2.12. The van der Waals surface area contributed by atoms with Gasteiger partial charge in [-0.2, -0.15) is 0 Å². The summed E-state index contributed by atoms with van der Waals surface area (Å²) in [6, 6.07) is 12.0. The summed E-state index contributed by atoms with van der Waals surface area (Å²) in [5.74, 6) is -0.253. The first-order chi connectivity index (χ1) is 8.56. The average Bonchev–Trinajstić information content (AvgIpc) is 2.32. The number of rotatable bonds is 3. The molecule has 0 aliphatic carbocycles. The summed E-state index contributed by atoms with van der Waals surface area (Å²) in [6.45, 7) is 0. The van der Waals surface area contributed by atoms with E-state index in [1.807, 2.05) is 18.2 Å². The Morgan fingerprint density at radius 1 is 1.17 bits per heavy atom. The molecule has 0 heterocycles. The highest BCUT2D eigenvalue weighted by atomic mass is 79.9. The van der Waals surface area contributed by atoms with E-state index >= 15 is 0 Å². The zero-order valence-electron chi connectivity index (χ0n) is 9.34. The van der Waals surface area contributed by atoms with Gasteiger partial charge in [0.1, 0.15) is 5.82 Å². The summed E-state index contributed by atoms with van der Waals surface area (Å²) >= 11 is 15.8. The summed E-state index contributed by atoms with van der Waals surface area (Å²) in [7, 11) is 0. The predicted molar refractivity (Wildman–Crippen MR) is 77.9 cm³/mol. The number of alkyl halides is 1. The third kappa shape index (κ3) is 3.47. The van der Waals surface area contributed by atoms with E-state index in [4.69, 9.17) is 23.2 Å². The Hall–Kier alpha value is -0.570.